The van der Waals surface area contributed by atoms with Crippen molar-refractivity contribution in [1.29, 1.82) is 0 Å². The summed E-state index contributed by atoms with van der Waals surface area (Å²) in [6.07, 6.45) is 3.57. The van der Waals surface area contributed by atoms with E-state index in [-0.39, 0.29) is 0 Å². The van der Waals surface area contributed by atoms with Gasteiger partial charge in [-0.25, -0.2) is 0 Å². The van der Waals surface area contributed by atoms with Gasteiger partial charge >= 0.3 is 0 Å². The molecule has 0 unspecified atom stereocenters. The first kappa shape index (κ1) is 14.3. The SMILES string of the molecule is CCn1ncc(-c2ccc(-c3ccc(NC)nn3)c3[nH]ncc23)n1. The van der Waals surface area contributed by atoms with E-state index in [1.165, 1.54) is 0 Å². The molecule has 1 aromatic carbocycles. The van der Waals surface area contributed by atoms with Crippen LogP contribution in [0.4, 0.5) is 5.82 Å². The maximum absolute atomic E-state index is 4.48. The normalized spacial score (nSPS) is 11.1. The zero-order valence-corrected chi connectivity index (χ0v) is 13.4. The Hall–Kier alpha value is -3.29. The number of aryl methyl sites for hydroxylation is 1. The van der Waals surface area contributed by atoms with Crippen molar-refractivity contribution >= 4 is 16.7 Å². The van der Waals surface area contributed by atoms with Crippen LogP contribution in [0.5, 0.6) is 0 Å². The lowest BCUT2D eigenvalue weighted by Crippen LogP contribution is -1.98. The van der Waals surface area contributed by atoms with Crippen molar-refractivity contribution < 1.29 is 0 Å². The van der Waals surface area contributed by atoms with Crippen molar-refractivity contribution in [2.24, 2.45) is 0 Å². The monoisotopic (exact) mass is 320 g/mol. The molecule has 2 N–H and O–H groups in total. The van der Waals surface area contributed by atoms with E-state index in [9.17, 15) is 0 Å². The molecule has 8 heteroatoms. The Labute approximate surface area is 137 Å². The van der Waals surface area contributed by atoms with E-state index in [2.05, 4.69) is 35.9 Å². The highest BCUT2D eigenvalue weighted by Crippen LogP contribution is 2.32. The van der Waals surface area contributed by atoms with Crippen molar-refractivity contribution in [2.45, 2.75) is 13.5 Å². The van der Waals surface area contributed by atoms with Gasteiger partial charge in [0.15, 0.2) is 0 Å². The minimum absolute atomic E-state index is 0.729. The number of hydrogen-bond acceptors (Lipinski definition) is 6. The van der Waals surface area contributed by atoms with Crippen LogP contribution in [-0.4, -0.2) is 42.4 Å². The third kappa shape index (κ3) is 2.28. The molecule has 0 bridgehead atoms. The number of fused-ring (bicyclic) bond motifs is 1. The topological polar surface area (TPSA) is 97.2 Å². The van der Waals surface area contributed by atoms with E-state index in [1.807, 2.05) is 38.2 Å². The molecule has 0 atom stereocenters. The van der Waals surface area contributed by atoms with E-state index in [0.717, 1.165) is 45.8 Å². The molecule has 0 aliphatic rings. The second kappa shape index (κ2) is 5.73. The van der Waals surface area contributed by atoms with Gasteiger partial charge in [-0.3, -0.25) is 5.10 Å². The molecule has 24 heavy (non-hydrogen) atoms. The minimum Gasteiger partial charge on any atom is -0.372 e. The molecule has 0 saturated carbocycles. The first-order valence-corrected chi connectivity index (χ1v) is 7.68. The van der Waals surface area contributed by atoms with Gasteiger partial charge in [0.1, 0.15) is 11.5 Å². The van der Waals surface area contributed by atoms with Gasteiger partial charge in [-0.15, -0.1) is 10.2 Å². The van der Waals surface area contributed by atoms with Crippen LogP contribution in [0.1, 0.15) is 6.92 Å². The molecule has 4 aromatic rings. The van der Waals surface area contributed by atoms with Crippen LogP contribution in [0.2, 0.25) is 0 Å². The second-order valence-corrected chi connectivity index (χ2v) is 5.29. The molecule has 0 spiro atoms. The van der Waals surface area contributed by atoms with Crippen LogP contribution in [-0.2, 0) is 6.54 Å². The van der Waals surface area contributed by atoms with Gasteiger partial charge in [-0.1, -0.05) is 6.07 Å². The number of nitrogens with one attached hydrogen (secondary N) is 2. The largest absolute Gasteiger partial charge is 0.372 e. The van der Waals surface area contributed by atoms with Crippen molar-refractivity contribution in [2.75, 3.05) is 12.4 Å². The van der Waals surface area contributed by atoms with Gasteiger partial charge in [-0.05, 0) is 25.1 Å². The lowest BCUT2D eigenvalue weighted by Gasteiger charge is -2.06. The summed E-state index contributed by atoms with van der Waals surface area (Å²) in [5.74, 6) is 0.729. The number of hydrogen-bond donors (Lipinski definition) is 2. The minimum atomic E-state index is 0.729. The maximum atomic E-state index is 4.48. The quantitative estimate of drug-likeness (QED) is 0.599. The number of H-pyrrole nitrogens is 1. The first-order chi connectivity index (χ1) is 11.8. The number of rotatable bonds is 4. The highest BCUT2D eigenvalue weighted by atomic mass is 15.5. The van der Waals surface area contributed by atoms with Gasteiger partial charge in [0.2, 0.25) is 0 Å². The van der Waals surface area contributed by atoms with Gasteiger partial charge in [0, 0.05) is 23.6 Å². The van der Waals surface area contributed by atoms with E-state index >= 15 is 0 Å². The van der Waals surface area contributed by atoms with Crippen LogP contribution in [0, 0.1) is 0 Å². The number of benzene rings is 1. The summed E-state index contributed by atoms with van der Waals surface area (Å²) in [4.78, 5) is 1.66. The van der Waals surface area contributed by atoms with E-state index in [4.69, 9.17) is 0 Å². The fraction of sp³-hybridized carbons (Fsp3) is 0.188. The van der Waals surface area contributed by atoms with Crippen molar-refractivity contribution in [3.63, 3.8) is 0 Å². The summed E-state index contributed by atoms with van der Waals surface area (Å²) in [6.45, 7) is 2.74. The molecule has 3 aromatic heterocycles. The highest BCUT2D eigenvalue weighted by molar-refractivity contribution is 6.01. The molecule has 4 rings (SSSR count). The van der Waals surface area contributed by atoms with Gasteiger partial charge in [-0.2, -0.15) is 20.1 Å². The summed E-state index contributed by atoms with van der Waals surface area (Å²) in [5, 5.41) is 28.3. The zero-order chi connectivity index (χ0) is 16.5. The number of aromatic amines is 1. The summed E-state index contributed by atoms with van der Waals surface area (Å²) in [7, 11) is 1.81. The zero-order valence-electron chi connectivity index (χ0n) is 13.4. The van der Waals surface area contributed by atoms with Gasteiger partial charge < -0.3 is 5.32 Å². The molecular formula is C16H16N8. The summed E-state index contributed by atoms with van der Waals surface area (Å²) < 4.78 is 0. The Morgan fingerprint density at radius 1 is 1.04 bits per heavy atom. The average molecular weight is 320 g/mol. The Morgan fingerprint density at radius 2 is 1.92 bits per heavy atom. The Kier molecular flexibility index (Phi) is 3.42. The molecule has 0 saturated heterocycles. The van der Waals surface area contributed by atoms with Crippen LogP contribution in [0.3, 0.4) is 0 Å². The predicted molar refractivity (Wildman–Crippen MR) is 91.4 cm³/mol. The van der Waals surface area contributed by atoms with Crippen molar-refractivity contribution in [3.05, 3.63) is 36.7 Å². The van der Waals surface area contributed by atoms with Gasteiger partial charge in [0.05, 0.1) is 30.1 Å². The van der Waals surface area contributed by atoms with Crippen LogP contribution in [0.15, 0.2) is 36.7 Å². The number of aromatic nitrogens is 7. The van der Waals surface area contributed by atoms with Crippen LogP contribution in [0.25, 0.3) is 33.4 Å². The third-order valence-corrected chi connectivity index (χ3v) is 3.91. The first-order valence-electron chi connectivity index (χ1n) is 7.68. The van der Waals surface area contributed by atoms with Crippen LogP contribution < -0.4 is 5.32 Å². The molecule has 0 fully saturated rings. The maximum Gasteiger partial charge on any atom is 0.148 e. The van der Waals surface area contributed by atoms with Crippen LogP contribution >= 0.6 is 0 Å². The Bertz CT molecular complexity index is 983. The molecule has 3 heterocycles. The Balaban J connectivity index is 1.84. The molecular weight excluding hydrogens is 304 g/mol. The van der Waals surface area contributed by atoms with E-state index in [1.54, 1.807) is 17.2 Å². The fourth-order valence-corrected chi connectivity index (χ4v) is 2.65. The molecule has 8 nitrogen and oxygen atoms in total. The lowest BCUT2D eigenvalue weighted by atomic mass is 10.0. The molecule has 120 valence electrons. The summed E-state index contributed by atoms with van der Waals surface area (Å²) in [6, 6.07) is 7.85. The molecule has 0 aliphatic heterocycles. The van der Waals surface area contributed by atoms with Crippen molar-refractivity contribution in [1.82, 2.24) is 35.4 Å². The fourth-order valence-electron chi connectivity index (χ4n) is 2.65. The number of anilines is 1. The lowest BCUT2D eigenvalue weighted by molar-refractivity contribution is 0.571. The second-order valence-electron chi connectivity index (χ2n) is 5.29. The molecule has 0 amide bonds. The summed E-state index contributed by atoms with van der Waals surface area (Å²) >= 11 is 0. The average Bonchev–Trinajstić information content (AvgIpc) is 3.30. The standard InChI is InChI=1S/C16H16N8/c1-3-24-19-9-14(23-24)10-4-5-11(16-12(10)8-18-22-16)13-6-7-15(17-2)21-20-13/h4-9H,3H2,1-2H3,(H,17,21)(H,18,22). The van der Waals surface area contributed by atoms with E-state index in [0.29, 0.717) is 0 Å². The van der Waals surface area contributed by atoms with E-state index < -0.39 is 0 Å². The van der Waals surface area contributed by atoms with Crippen molar-refractivity contribution in [3.8, 4) is 22.5 Å². The number of nitrogens with zero attached hydrogens (tertiary/aromatic N) is 6. The predicted octanol–water partition coefficient (Wildman–Crippen LogP) is 2.34. The third-order valence-electron chi connectivity index (χ3n) is 3.91. The Morgan fingerprint density at radius 3 is 2.62 bits per heavy atom. The summed E-state index contributed by atoms with van der Waals surface area (Å²) in [5.41, 5.74) is 4.45. The molecule has 0 aliphatic carbocycles. The highest BCUT2D eigenvalue weighted by Gasteiger charge is 2.14. The van der Waals surface area contributed by atoms with Gasteiger partial charge in [0.25, 0.3) is 0 Å². The smallest absolute Gasteiger partial charge is 0.148 e. The molecule has 0 radical (unpaired) electrons.